The molecule has 0 aromatic carbocycles. The molecule has 23 heavy (non-hydrogen) atoms. The number of hydrogen-bond donors (Lipinski definition) is 1. The van der Waals surface area contributed by atoms with Crippen LogP contribution in [0.15, 0.2) is 42.9 Å². The number of hydrogen-bond acceptors (Lipinski definition) is 4. The van der Waals surface area contributed by atoms with Crippen molar-refractivity contribution in [3.05, 3.63) is 54.1 Å². The zero-order valence-electron chi connectivity index (χ0n) is 13.2. The molecule has 2 aromatic rings. The van der Waals surface area contributed by atoms with Gasteiger partial charge in [0, 0.05) is 31.7 Å². The van der Waals surface area contributed by atoms with Crippen LogP contribution >= 0.6 is 0 Å². The maximum Gasteiger partial charge on any atom is 0.255 e. The summed E-state index contributed by atoms with van der Waals surface area (Å²) in [5, 5.41) is 3.28. The van der Waals surface area contributed by atoms with Gasteiger partial charge in [0.2, 0.25) is 0 Å². The Labute approximate surface area is 136 Å². The van der Waals surface area contributed by atoms with Crippen LogP contribution in [0.5, 0.6) is 0 Å². The highest BCUT2D eigenvalue weighted by molar-refractivity contribution is 5.94. The molecule has 0 aliphatic carbocycles. The standard InChI is InChI=1S/C18H22N4O/c23-18(22-9-5-1-2-6-10-22)15-11-17(13-19-12-15)21-14-16-7-3-4-8-20-16/h3-4,7-8,11-13,21H,1-2,5-6,9-10,14H2. The third kappa shape index (κ3) is 4.28. The van der Waals surface area contributed by atoms with E-state index in [9.17, 15) is 4.79 Å². The van der Waals surface area contributed by atoms with Gasteiger partial charge in [-0.3, -0.25) is 14.8 Å². The third-order valence-electron chi connectivity index (χ3n) is 4.08. The second-order valence-corrected chi connectivity index (χ2v) is 5.84. The van der Waals surface area contributed by atoms with Gasteiger partial charge in [-0.15, -0.1) is 0 Å². The predicted molar refractivity (Wildman–Crippen MR) is 90.2 cm³/mol. The van der Waals surface area contributed by atoms with E-state index < -0.39 is 0 Å². The lowest BCUT2D eigenvalue weighted by Crippen LogP contribution is -2.31. The SMILES string of the molecule is O=C(c1cncc(NCc2ccccn2)c1)N1CCCCCC1. The van der Waals surface area contributed by atoms with Gasteiger partial charge in [-0.05, 0) is 31.0 Å². The van der Waals surface area contributed by atoms with E-state index >= 15 is 0 Å². The van der Waals surface area contributed by atoms with Crippen LogP contribution in [0.1, 0.15) is 41.7 Å². The molecule has 120 valence electrons. The molecule has 5 nitrogen and oxygen atoms in total. The number of likely N-dealkylation sites (tertiary alicyclic amines) is 1. The van der Waals surface area contributed by atoms with Crippen molar-refractivity contribution in [3.63, 3.8) is 0 Å². The molecule has 0 spiro atoms. The maximum absolute atomic E-state index is 12.6. The van der Waals surface area contributed by atoms with Crippen molar-refractivity contribution >= 4 is 11.6 Å². The molecular weight excluding hydrogens is 288 g/mol. The van der Waals surface area contributed by atoms with E-state index in [2.05, 4.69) is 15.3 Å². The molecule has 2 aromatic heterocycles. The molecule has 5 heteroatoms. The topological polar surface area (TPSA) is 58.1 Å². The quantitative estimate of drug-likeness (QED) is 0.942. The van der Waals surface area contributed by atoms with Gasteiger partial charge in [-0.1, -0.05) is 18.9 Å². The van der Waals surface area contributed by atoms with Crippen molar-refractivity contribution in [2.75, 3.05) is 18.4 Å². The monoisotopic (exact) mass is 310 g/mol. The molecular formula is C18H22N4O. The second kappa shape index (κ2) is 7.72. The van der Waals surface area contributed by atoms with Gasteiger partial charge in [0.1, 0.15) is 0 Å². The molecule has 1 aliphatic heterocycles. The van der Waals surface area contributed by atoms with E-state index in [0.29, 0.717) is 12.1 Å². The molecule has 0 saturated carbocycles. The Balaban J connectivity index is 1.65. The van der Waals surface area contributed by atoms with Crippen LogP contribution in [0.25, 0.3) is 0 Å². The van der Waals surface area contributed by atoms with E-state index in [1.165, 1.54) is 12.8 Å². The number of pyridine rings is 2. The predicted octanol–water partition coefficient (Wildman–Crippen LogP) is 3.10. The summed E-state index contributed by atoms with van der Waals surface area (Å²) in [6.07, 6.45) is 9.78. The molecule has 1 fully saturated rings. The van der Waals surface area contributed by atoms with Gasteiger partial charge in [0.05, 0.1) is 23.5 Å². The summed E-state index contributed by atoms with van der Waals surface area (Å²) in [5.74, 6) is 0.0842. The molecule has 1 N–H and O–H groups in total. The van der Waals surface area contributed by atoms with Crippen molar-refractivity contribution in [1.82, 2.24) is 14.9 Å². The van der Waals surface area contributed by atoms with E-state index in [1.54, 1.807) is 18.6 Å². The van der Waals surface area contributed by atoms with Crippen LogP contribution in [-0.4, -0.2) is 33.9 Å². The maximum atomic E-state index is 12.6. The van der Waals surface area contributed by atoms with E-state index in [1.807, 2.05) is 29.2 Å². The molecule has 0 unspecified atom stereocenters. The van der Waals surface area contributed by atoms with Gasteiger partial charge in [0.25, 0.3) is 5.91 Å². The van der Waals surface area contributed by atoms with Crippen molar-refractivity contribution in [3.8, 4) is 0 Å². The second-order valence-electron chi connectivity index (χ2n) is 5.84. The lowest BCUT2D eigenvalue weighted by Gasteiger charge is -2.20. The number of aromatic nitrogens is 2. The Morgan fingerprint density at radius 1 is 1.13 bits per heavy atom. The molecule has 1 saturated heterocycles. The largest absolute Gasteiger partial charge is 0.378 e. The minimum absolute atomic E-state index is 0.0842. The van der Waals surface area contributed by atoms with Gasteiger partial charge in [-0.2, -0.15) is 0 Å². The summed E-state index contributed by atoms with van der Waals surface area (Å²) in [7, 11) is 0. The number of anilines is 1. The average Bonchev–Trinajstić information content (AvgIpc) is 2.90. The Morgan fingerprint density at radius 3 is 2.70 bits per heavy atom. The Hall–Kier alpha value is -2.43. The Kier molecular flexibility index (Phi) is 5.19. The van der Waals surface area contributed by atoms with Crippen LogP contribution < -0.4 is 5.32 Å². The number of nitrogens with zero attached hydrogens (tertiary/aromatic N) is 3. The fraction of sp³-hybridized carbons (Fsp3) is 0.389. The number of rotatable bonds is 4. The van der Waals surface area contributed by atoms with Crippen LogP contribution in [0, 0.1) is 0 Å². The normalized spacial score (nSPS) is 15.0. The highest BCUT2D eigenvalue weighted by Crippen LogP contribution is 2.15. The van der Waals surface area contributed by atoms with Crippen molar-refractivity contribution in [2.45, 2.75) is 32.2 Å². The summed E-state index contributed by atoms with van der Waals surface area (Å²) in [6, 6.07) is 7.70. The molecule has 3 rings (SSSR count). The third-order valence-corrected chi connectivity index (χ3v) is 4.08. The van der Waals surface area contributed by atoms with Crippen molar-refractivity contribution < 1.29 is 4.79 Å². The number of carbonyl (C=O) groups excluding carboxylic acids is 1. The number of nitrogens with one attached hydrogen (secondary N) is 1. The first-order valence-electron chi connectivity index (χ1n) is 8.21. The average molecular weight is 310 g/mol. The molecule has 1 aliphatic rings. The lowest BCUT2D eigenvalue weighted by molar-refractivity contribution is 0.0761. The van der Waals surface area contributed by atoms with E-state index in [0.717, 1.165) is 37.3 Å². The zero-order valence-corrected chi connectivity index (χ0v) is 13.2. The summed E-state index contributed by atoms with van der Waals surface area (Å²) in [4.78, 5) is 23.1. The fourth-order valence-electron chi connectivity index (χ4n) is 2.81. The minimum atomic E-state index is 0.0842. The highest BCUT2D eigenvalue weighted by atomic mass is 16.2. The summed E-state index contributed by atoms with van der Waals surface area (Å²) in [6.45, 7) is 2.32. The minimum Gasteiger partial charge on any atom is -0.378 e. The van der Waals surface area contributed by atoms with Gasteiger partial charge in [0.15, 0.2) is 0 Å². The first kappa shape index (κ1) is 15.5. The van der Waals surface area contributed by atoms with Gasteiger partial charge in [-0.25, -0.2) is 0 Å². The van der Waals surface area contributed by atoms with Crippen molar-refractivity contribution in [1.29, 1.82) is 0 Å². The Bertz CT molecular complexity index is 636. The highest BCUT2D eigenvalue weighted by Gasteiger charge is 2.17. The first-order valence-corrected chi connectivity index (χ1v) is 8.21. The van der Waals surface area contributed by atoms with Crippen LogP contribution in [0.2, 0.25) is 0 Å². The summed E-state index contributed by atoms with van der Waals surface area (Å²) >= 11 is 0. The van der Waals surface area contributed by atoms with Crippen molar-refractivity contribution in [2.24, 2.45) is 0 Å². The zero-order chi connectivity index (χ0) is 15.9. The fourth-order valence-corrected chi connectivity index (χ4v) is 2.81. The smallest absolute Gasteiger partial charge is 0.255 e. The molecule has 3 heterocycles. The molecule has 1 amide bonds. The van der Waals surface area contributed by atoms with Crippen LogP contribution in [-0.2, 0) is 6.54 Å². The molecule has 0 radical (unpaired) electrons. The van der Waals surface area contributed by atoms with Gasteiger partial charge < -0.3 is 10.2 Å². The van der Waals surface area contributed by atoms with E-state index in [4.69, 9.17) is 0 Å². The lowest BCUT2D eigenvalue weighted by atomic mass is 10.2. The first-order chi connectivity index (χ1) is 11.3. The number of amides is 1. The summed E-state index contributed by atoms with van der Waals surface area (Å²) in [5.41, 5.74) is 2.45. The number of carbonyl (C=O) groups is 1. The molecule has 0 atom stereocenters. The summed E-state index contributed by atoms with van der Waals surface area (Å²) < 4.78 is 0. The van der Waals surface area contributed by atoms with E-state index in [-0.39, 0.29) is 5.91 Å². The van der Waals surface area contributed by atoms with Crippen LogP contribution in [0.4, 0.5) is 5.69 Å². The van der Waals surface area contributed by atoms with Gasteiger partial charge >= 0.3 is 0 Å². The van der Waals surface area contributed by atoms with Crippen LogP contribution in [0.3, 0.4) is 0 Å². The molecule has 0 bridgehead atoms. The Morgan fingerprint density at radius 2 is 1.96 bits per heavy atom.